The molecule has 3 aromatic rings. The third-order valence-corrected chi connectivity index (χ3v) is 4.74. The molecule has 0 N–H and O–H groups in total. The van der Waals surface area contributed by atoms with Gasteiger partial charge in [0.05, 0.1) is 0 Å². The fraction of sp³-hybridized carbons (Fsp3) is 0.0800. The zero-order valence-corrected chi connectivity index (χ0v) is 17.5. The molecule has 0 aliphatic rings. The van der Waals surface area contributed by atoms with Crippen LogP contribution in [0.1, 0.15) is 23.6 Å². The van der Waals surface area contributed by atoms with E-state index in [0.717, 1.165) is 27.8 Å². The highest BCUT2D eigenvalue weighted by Gasteiger charge is 2.08. The van der Waals surface area contributed by atoms with E-state index in [1.165, 1.54) is 6.92 Å². The molecule has 0 unspecified atom stereocenters. The van der Waals surface area contributed by atoms with Crippen LogP contribution in [0, 0.1) is 0 Å². The highest BCUT2D eigenvalue weighted by molar-refractivity contribution is 6.31. The second-order valence-corrected chi connectivity index (χ2v) is 7.35. The van der Waals surface area contributed by atoms with Crippen molar-refractivity contribution in [2.45, 2.75) is 6.92 Å². The molecule has 0 saturated carbocycles. The van der Waals surface area contributed by atoms with E-state index in [0.29, 0.717) is 10.0 Å². The Labute approximate surface area is 181 Å². The predicted octanol–water partition coefficient (Wildman–Crippen LogP) is 7.07. The van der Waals surface area contributed by atoms with Gasteiger partial charge in [0, 0.05) is 17.0 Å². The van der Waals surface area contributed by atoms with Crippen LogP contribution in [0.25, 0.3) is 11.6 Å². The van der Waals surface area contributed by atoms with Gasteiger partial charge < -0.3 is 4.74 Å². The third-order valence-electron chi connectivity index (χ3n) is 4.23. The number of hydrogen-bond acceptors (Lipinski definition) is 2. The molecule has 4 heteroatoms. The molecule has 3 rings (SSSR count). The molecule has 0 fully saturated rings. The Morgan fingerprint density at radius 2 is 1.34 bits per heavy atom. The van der Waals surface area contributed by atoms with Crippen LogP contribution >= 0.6 is 23.2 Å². The molecule has 0 heterocycles. The van der Waals surface area contributed by atoms with Gasteiger partial charge in [-0.2, -0.15) is 0 Å². The van der Waals surface area contributed by atoms with Gasteiger partial charge in [0.2, 0.25) is 0 Å². The van der Waals surface area contributed by atoms with E-state index in [1.54, 1.807) is 0 Å². The minimum atomic E-state index is -0.322. The molecule has 0 aliphatic heterocycles. The fourth-order valence-corrected chi connectivity index (χ4v) is 3.10. The number of ether oxygens (including phenoxy) is 1. The second kappa shape index (κ2) is 10.1. The van der Waals surface area contributed by atoms with Crippen molar-refractivity contribution in [3.8, 4) is 0 Å². The largest absolute Gasteiger partial charge is 0.461 e. The molecule has 0 radical (unpaired) electrons. The number of esters is 1. The van der Waals surface area contributed by atoms with Crippen LogP contribution < -0.4 is 0 Å². The molecule has 2 nitrogen and oxygen atoms in total. The zero-order chi connectivity index (χ0) is 20.6. The maximum Gasteiger partial charge on any atom is 0.302 e. The van der Waals surface area contributed by atoms with Crippen LogP contribution in [0.4, 0.5) is 0 Å². The molecule has 146 valence electrons. The number of carbonyl (C=O) groups excluding carboxylic acids is 1. The summed E-state index contributed by atoms with van der Waals surface area (Å²) in [5.74, 6) is -0.322. The summed E-state index contributed by atoms with van der Waals surface area (Å²) >= 11 is 12.1. The van der Waals surface area contributed by atoms with Crippen LogP contribution in [-0.4, -0.2) is 12.6 Å². The zero-order valence-electron chi connectivity index (χ0n) is 15.9. The molecule has 0 spiro atoms. The average Bonchev–Trinajstić information content (AvgIpc) is 2.72. The van der Waals surface area contributed by atoms with E-state index in [9.17, 15) is 4.79 Å². The lowest BCUT2D eigenvalue weighted by molar-refractivity contribution is -0.139. The lowest BCUT2D eigenvalue weighted by atomic mass is 9.95. The molecular weight excluding hydrogens is 403 g/mol. The maximum absolute atomic E-state index is 11.4. The van der Waals surface area contributed by atoms with Crippen molar-refractivity contribution in [2.24, 2.45) is 0 Å². The van der Waals surface area contributed by atoms with Crippen molar-refractivity contribution >= 4 is 40.8 Å². The van der Waals surface area contributed by atoms with E-state index in [2.05, 4.69) is 0 Å². The van der Waals surface area contributed by atoms with Crippen LogP contribution in [0.2, 0.25) is 10.0 Å². The van der Waals surface area contributed by atoms with Gasteiger partial charge in [0.15, 0.2) is 0 Å². The molecule has 0 atom stereocenters. The number of rotatable bonds is 6. The Bertz CT molecular complexity index is 971. The normalized spacial score (nSPS) is 11.1. The minimum absolute atomic E-state index is 0.176. The molecule has 3 aromatic carbocycles. The minimum Gasteiger partial charge on any atom is -0.461 e. The molecule has 0 saturated heterocycles. The summed E-state index contributed by atoms with van der Waals surface area (Å²) in [5, 5.41) is 1.34. The quantitative estimate of drug-likeness (QED) is 0.313. The van der Waals surface area contributed by atoms with Crippen molar-refractivity contribution in [1.29, 1.82) is 0 Å². The van der Waals surface area contributed by atoms with E-state index in [-0.39, 0.29) is 12.6 Å². The molecule has 0 aromatic heterocycles. The number of halogens is 2. The van der Waals surface area contributed by atoms with Crippen molar-refractivity contribution < 1.29 is 9.53 Å². The van der Waals surface area contributed by atoms with Crippen LogP contribution in [0.3, 0.4) is 0 Å². The van der Waals surface area contributed by atoms with Gasteiger partial charge in [-0.1, -0.05) is 77.8 Å². The molecule has 0 amide bonds. The monoisotopic (exact) mass is 422 g/mol. The Hall–Kier alpha value is -2.81. The second-order valence-electron chi connectivity index (χ2n) is 6.48. The van der Waals surface area contributed by atoms with Crippen molar-refractivity contribution in [1.82, 2.24) is 0 Å². The van der Waals surface area contributed by atoms with Crippen molar-refractivity contribution in [2.75, 3.05) is 6.61 Å². The first-order chi connectivity index (χ1) is 14.0. The predicted molar refractivity (Wildman–Crippen MR) is 121 cm³/mol. The first-order valence-corrected chi connectivity index (χ1v) is 9.89. The van der Waals surface area contributed by atoms with Crippen LogP contribution in [0.5, 0.6) is 0 Å². The highest BCUT2D eigenvalue weighted by atomic mass is 35.5. The lowest BCUT2D eigenvalue weighted by Crippen LogP contribution is -2.03. The smallest absolute Gasteiger partial charge is 0.302 e. The Kier molecular flexibility index (Phi) is 7.29. The highest BCUT2D eigenvalue weighted by Crippen LogP contribution is 2.28. The third kappa shape index (κ3) is 6.35. The number of carbonyl (C=O) groups is 1. The Balaban J connectivity index is 2.10. The van der Waals surface area contributed by atoms with E-state index in [4.69, 9.17) is 27.9 Å². The summed E-state index contributed by atoms with van der Waals surface area (Å²) in [6.07, 6.45) is 4.04. The summed E-state index contributed by atoms with van der Waals surface area (Å²) in [7, 11) is 0. The molecular formula is C25H20Cl2O2. The van der Waals surface area contributed by atoms with E-state index < -0.39 is 0 Å². The van der Waals surface area contributed by atoms with Gasteiger partial charge in [-0.05, 0) is 64.3 Å². The van der Waals surface area contributed by atoms with Gasteiger partial charge in [-0.25, -0.2) is 0 Å². The molecule has 29 heavy (non-hydrogen) atoms. The Morgan fingerprint density at radius 1 is 0.828 bits per heavy atom. The van der Waals surface area contributed by atoms with Gasteiger partial charge in [0.25, 0.3) is 0 Å². The number of benzene rings is 3. The Morgan fingerprint density at radius 3 is 1.83 bits per heavy atom. The number of hydrogen-bond donors (Lipinski definition) is 0. The van der Waals surface area contributed by atoms with Crippen molar-refractivity contribution in [3.05, 3.63) is 117 Å². The summed E-state index contributed by atoms with van der Waals surface area (Å²) in [4.78, 5) is 11.4. The van der Waals surface area contributed by atoms with E-state index in [1.807, 2.05) is 91.0 Å². The van der Waals surface area contributed by atoms with Gasteiger partial charge >= 0.3 is 5.97 Å². The standard InChI is InChI=1S/C25H20Cl2O2/c1-18(28)29-17-20(15-19-5-3-2-4-6-19)16-25(21-7-11-23(26)12-8-21)22-9-13-24(27)14-10-22/h2-16H,17H2,1H3/b20-15+. The van der Waals surface area contributed by atoms with Crippen molar-refractivity contribution in [3.63, 3.8) is 0 Å². The summed E-state index contributed by atoms with van der Waals surface area (Å²) in [6.45, 7) is 1.58. The summed E-state index contributed by atoms with van der Waals surface area (Å²) in [5.41, 5.74) is 4.87. The molecule has 0 bridgehead atoms. The van der Waals surface area contributed by atoms with Crippen LogP contribution in [-0.2, 0) is 9.53 Å². The lowest BCUT2D eigenvalue weighted by Gasteiger charge is -2.12. The molecule has 0 aliphatic carbocycles. The average molecular weight is 423 g/mol. The van der Waals surface area contributed by atoms with Gasteiger partial charge in [-0.15, -0.1) is 0 Å². The SMILES string of the molecule is CC(=O)OC/C(C=C(c1ccc(Cl)cc1)c1ccc(Cl)cc1)=C/c1ccccc1. The van der Waals surface area contributed by atoms with Gasteiger partial charge in [-0.3, -0.25) is 4.79 Å². The summed E-state index contributed by atoms with van der Waals surface area (Å²) in [6, 6.07) is 25.2. The van der Waals surface area contributed by atoms with E-state index >= 15 is 0 Å². The fourth-order valence-electron chi connectivity index (χ4n) is 2.85. The first kappa shape index (κ1) is 20.9. The maximum atomic E-state index is 11.4. The van der Waals surface area contributed by atoms with Crippen LogP contribution in [0.15, 0.2) is 90.5 Å². The summed E-state index contributed by atoms with van der Waals surface area (Å²) < 4.78 is 5.29. The van der Waals surface area contributed by atoms with Gasteiger partial charge in [0.1, 0.15) is 6.61 Å². The topological polar surface area (TPSA) is 26.3 Å². The first-order valence-electron chi connectivity index (χ1n) is 9.14.